The van der Waals surface area contributed by atoms with E-state index < -0.39 is 4.92 Å². The number of likely N-dealkylation sites (N-methyl/N-ethyl adjacent to an activating group) is 2. The molecule has 1 aromatic rings. The number of benzene rings is 1. The van der Waals surface area contributed by atoms with Crippen LogP contribution in [0, 0.1) is 10.1 Å². The summed E-state index contributed by atoms with van der Waals surface area (Å²) in [6.07, 6.45) is 0. The van der Waals surface area contributed by atoms with Crippen LogP contribution in [0.5, 0.6) is 5.75 Å². The molecule has 0 atom stereocenters. The lowest BCUT2D eigenvalue weighted by Gasteiger charge is -2.19. The van der Waals surface area contributed by atoms with Gasteiger partial charge in [0.2, 0.25) is 0 Å². The van der Waals surface area contributed by atoms with Gasteiger partial charge in [0.1, 0.15) is 0 Å². The summed E-state index contributed by atoms with van der Waals surface area (Å²) >= 11 is 0. The highest BCUT2D eigenvalue weighted by Crippen LogP contribution is 2.31. The van der Waals surface area contributed by atoms with Crippen LogP contribution >= 0.6 is 0 Å². The first kappa shape index (κ1) is 14.2. The zero-order chi connectivity index (χ0) is 13.5. The Hall–Kier alpha value is -1.82. The molecule has 1 aromatic carbocycles. The SMILES string of the molecule is CCOc1cc(N(C)CCNC)ccc1[N+](=O)[O-]. The fourth-order valence-electron chi connectivity index (χ4n) is 1.57. The molecule has 0 aliphatic rings. The molecular weight excluding hydrogens is 234 g/mol. The van der Waals surface area contributed by atoms with Crippen LogP contribution in [0.15, 0.2) is 18.2 Å². The maximum atomic E-state index is 10.9. The molecular formula is C12H19N3O3. The van der Waals surface area contributed by atoms with E-state index in [0.717, 1.165) is 18.8 Å². The topological polar surface area (TPSA) is 67.6 Å². The zero-order valence-electron chi connectivity index (χ0n) is 11.0. The lowest BCUT2D eigenvalue weighted by atomic mass is 10.2. The second-order valence-electron chi connectivity index (χ2n) is 3.87. The lowest BCUT2D eigenvalue weighted by Crippen LogP contribution is -2.27. The van der Waals surface area contributed by atoms with Gasteiger partial charge in [0.15, 0.2) is 5.75 Å². The number of nitrogens with one attached hydrogen (secondary N) is 1. The molecule has 18 heavy (non-hydrogen) atoms. The quantitative estimate of drug-likeness (QED) is 0.591. The number of anilines is 1. The minimum Gasteiger partial charge on any atom is -0.487 e. The highest BCUT2D eigenvalue weighted by atomic mass is 16.6. The van der Waals surface area contributed by atoms with Crippen LogP contribution < -0.4 is 15.0 Å². The van der Waals surface area contributed by atoms with Crippen LogP contribution in [0.4, 0.5) is 11.4 Å². The molecule has 1 N–H and O–H groups in total. The number of ether oxygens (including phenoxy) is 1. The predicted molar refractivity (Wildman–Crippen MR) is 71.5 cm³/mol. The maximum absolute atomic E-state index is 10.9. The Labute approximate surface area is 107 Å². The number of nitro benzene ring substituents is 1. The molecule has 0 heterocycles. The average molecular weight is 253 g/mol. The fraction of sp³-hybridized carbons (Fsp3) is 0.500. The Morgan fingerprint density at radius 1 is 1.50 bits per heavy atom. The Bertz CT molecular complexity index is 410. The highest BCUT2D eigenvalue weighted by Gasteiger charge is 2.16. The van der Waals surface area contributed by atoms with Gasteiger partial charge in [-0.2, -0.15) is 0 Å². The van der Waals surface area contributed by atoms with Crippen molar-refractivity contribution in [3.63, 3.8) is 0 Å². The Balaban J connectivity index is 2.95. The molecule has 0 spiro atoms. The van der Waals surface area contributed by atoms with E-state index in [2.05, 4.69) is 5.32 Å². The van der Waals surface area contributed by atoms with E-state index in [1.165, 1.54) is 6.07 Å². The van der Waals surface area contributed by atoms with E-state index in [9.17, 15) is 10.1 Å². The van der Waals surface area contributed by atoms with E-state index in [4.69, 9.17) is 4.74 Å². The van der Waals surface area contributed by atoms with Crippen molar-refractivity contribution < 1.29 is 9.66 Å². The second kappa shape index (κ2) is 6.80. The molecule has 0 aliphatic carbocycles. The van der Waals surface area contributed by atoms with E-state index in [1.807, 2.05) is 19.0 Å². The second-order valence-corrected chi connectivity index (χ2v) is 3.87. The van der Waals surface area contributed by atoms with Gasteiger partial charge in [0.05, 0.1) is 11.5 Å². The van der Waals surface area contributed by atoms with Crippen molar-refractivity contribution in [1.29, 1.82) is 0 Å². The maximum Gasteiger partial charge on any atom is 0.311 e. The smallest absolute Gasteiger partial charge is 0.311 e. The standard InChI is InChI=1S/C12H19N3O3/c1-4-18-12-9-10(14(3)8-7-13-2)5-6-11(12)15(16)17/h5-6,9,13H,4,7-8H2,1-3H3. The third-order valence-electron chi connectivity index (χ3n) is 2.58. The third kappa shape index (κ3) is 3.59. The normalized spacial score (nSPS) is 10.2. The van der Waals surface area contributed by atoms with E-state index in [0.29, 0.717) is 12.4 Å². The molecule has 6 heteroatoms. The van der Waals surface area contributed by atoms with Gasteiger partial charge < -0.3 is 15.0 Å². The van der Waals surface area contributed by atoms with Crippen molar-refractivity contribution in [1.82, 2.24) is 5.32 Å². The molecule has 0 bridgehead atoms. The Kier molecular flexibility index (Phi) is 5.38. The third-order valence-corrected chi connectivity index (χ3v) is 2.58. The van der Waals surface area contributed by atoms with Gasteiger partial charge in [-0.1, -0.05) is 0 Å². The molecule has 0 saturated heterocycles. The van der Waals surface area contributed by atoms with Crippen molar-refractivity contribution in [2.45, 2.75) is 6.92 Å². The van der Waals surface area contributed by atoms with Crippen LogP contribution in [-0.4, -0.2) is 38.7 Å². The molecule has 6 nitrogen and oxygen atoms in total. The van der Waals surface area contributed by atoms with Crippen molar-refractivity contribution in [2.75, 3.05) is 38.7 Å². The van der Waals surface area contributed by atoms with Gasteiger partial charge in [-0.25, -0.2) is 0 Å². The van der Waals surface area contributed by atoms with Crippen LogP contribution in [0.1, 0.15) is 6.92 Å². The van der Waals surface area contributed by atoms with Crippen LogP contribution in [0.2, 0.25) is 0 Å². The number of hydrogen-bond donors (Lipinski definition) is 1. The minimum absolute atomic E-state index is 0.00242. The monoisotopic (exact) mass is 253 g/mol. The summed E-state index contributed by atoms with van der Waals surface area (Å²) in [6, 6.07) is 4.92. The molecule has 0 radical (unpaired) electrons. The molecule has 0 amide bonds. The van der Waals surface area contributed by atoms with E-state index in [1.54, 1.807) is 19.1 Å². The van der Waals surface area contributed by atoms with Gasteiger partial charge in [0, 0.05) is 38.0 Å². The molecule has 100 valence electrons. The fourth-order valence-corrected chi connectivity index (χ4v) is 1.57. The van der Waals surface area contributed by atoms with Gasteiger partial charge in [-0.3, -0.25) is 10.1 Å². The predicted octanol–water partition coefficient (Wildman–Crippen LogP) is 1.65. The number of hydrogen-bond acceptors (Lipinski definition) is 5. The van der Waals surface area contributed by atoms with Gasteiger partial charge in [-0.05, 0) is 20.0 Å². The lowest BCUT2D eigenvalue weighted by molar-refractivity contribution is -0.385. The largest absolute Gasteiger partial charge is 0.487 e. The minimum atomic E-state index is -0.428. The number of nitrogens with zero attached hydrogens (tertiary/aromatic N) is 2. The number of nitro groups is 1. The van der Waals surface area contributed by atoms with Crippen LogP contribution in [-0.2, 0) is 0 Å². The van der Waals surface area contributed by atoms with Gasteiger partial charge >= 0.3 is 5.69 Å². The van der Waals surface area contributed by atoms with Crippen molar-refractivity contribution >= 4 is 11.4 Å². The Morgan fingerprint density at radius 2 is 2.22 bits per heavy atom. The van der Waals surface area contributed by atoms with Crippen LogP contribution in [0.3, 0.4) is 0 Å². The molecule has 0 unspecified atom stereocenters. The first-order chi connectivity index (χ1) is 8.60. The first-order valence-corrected chi connectivity index (χ1v) is 5.87. The summed E-state index contributed by atoms with van der Waals surface area (Å²) in [6.45, 7) is 3.88. The van der Waals surface area contributed by atoms with Crippen molar-refractivity contribution in [3.05, 3.63) is 28.3 Å². The van der Waals surface area contributed by atoms with Gasteiger partial charge in [0.25, 0.3) is 0 Å². The van der Waals surface area contributed by atoms with Crippen LogP contribution in [0.25, 0.3) is 0 Å². The van der Waals surface area contributed by atoms with Gasteiger partial charge in [-0.15, -0.1) is 0 Å². The summed E-state index contributed by atoms with van der Waals surface area (Å²) in [5.74, 6) is 0.316. The zero-order valence-corrected chi connectivity index (χ0v) is 11.0. The average Bonchev–Trinajstić information content (AvgIpc) is 2.36. The summed E-state index contributed by atoms with van der Waals surface area (Å²) in [5, 5.41) is 13.9. The molecule has 0 aromatic heterocycles. The molecule has 1 rings (SSSR count). The Morgan fingerprint density at radius 3 is 2.78 bits per heavy atom. The highest BCUT2D eigenvalue weighted by molar-refractivity contribution is 5.59. The molecule has 0 aliphatic heterocycles. The van der Waals surface area contributed by atoms with Crippen molar-refractivity contribution in [3.8, 4) is 5.75 Å². The molecule has 0 fully saturated rings. The van der Waals surface area contributed by atoms with E-state index in [-0.39, 0.29) is 5.69 Å². The summed E-state index contributed by atoms with van der Waals surface area (Å²) in [5.41, 5.74) is 0.905. The molecule has 0 saturated carbocycles. The van der Waals surface area contributed by atoms with E-state index >= 15 is 0 Å². The summed E-state index contributed by atoms with van der Waals surface area (Å²) in [7, 11) is 3.82. The summed E-state index contributed by atoms with van der Waals surface area (Å²) in [4.78, 5) is 12.4. The summed E-state index contributed by atoms with van der Waals surface area (Å²) < 4.78 is 5.31. The van der Waals surface area contributed by atoms with Crippen molar-refractivity contribution in [2.24, 2.45) is 0 Å². The first-order valence-electron chi connectivity index (χ1n) is 5.87. The number of rotatable bonds is 7.